The van der Waals surface area contributed by atoms with Crippen molar-refractivity contribution in [2.24, 2.45) is 5.92 Å². The molecule has 2 aromatic carbocycles. The number of aromatic carboxylic acids is 1. The highest BCUT2D eigenvalue weighted by Gasteiger charge is 2.17. The van der Waals surface area contributed by atoms with E-state index in [1.54, 1.807) is 12.1 Å². The number of para-hydroxylation sites is 2. The number of unbranched alkanes of at least 4 members (excludes halogenated alkanes) is 1. The Morgan fingerprint density at radius 2 is 1.69 bits per heavy atom. The molecule has 0 heterocycles. The number of nitrogens with one attached hydrogen (secondary N) is 1. The van der Waals surface area contributed by atoms with Crippen LogP contribution in [0, 0.1) is 5.92 Å². The highest BCUT2D eigenvalue weighted by atomic mass is 16.5. The van der Waals surface area contributed by atoms with Crippen LogP contribution in [0.1, 0.15) is 49.9 Å². The lowest BCUT2D eigenvalue weighted by molar-refractivity contribution is -0.120. The maximum absolute atomic E-state index is 12.6. The molecule has 1 unspecified atom stereocenters. The fourth-order valence-electron chi connectivity index (χ4n) is 2.91. The van der Waals surface area contributed by atoms with E-state index in [9.17, 15) is 9.59 Å². The van der Waals surface area contributed by atoms with Crippen LogP contribution in [-0.4, -0.2) is 30.2 Å². The summed E-state index contributed by atoms with van der Waals surface area (Å²) in [5.74, 6) is 0.211. The van der Waals surface area contributed by atoms with Crippen LogP contribution < -0.4 is 14.8 Å². The van der Waals surface area contributed by atoms with E-state index < -0.39 is 5.97 Å². The summed E-state index contributed by atoms with van der Waals surface area (Å²) in [5, 5.41) is 11.9. The molecule has 6 nitrogen and oxygen atoms in total. The van der Waals surface area contributed by atoms with Crippen molar-refractivity contribution < 1.29 is 24.2 Å². The minimum atomic E-state index is -0.974. The summed E-state index contributed by atoms with van der Waals surface area (Å²) in [4.78, 5) is 23.4. The van der Waals surface area contributed by atoms with Crippen LogP contribution in [0.3, 0.4) is 0 Å². The van der Waals surface area contributed by atoms with Crippen molar-refractivity contribution in [3.8, 4) is 11.5 Å². The summed E-state index contributed by atoms with van der Waals surface area (Å²) in [6, 6.07) is 13.5. The Labute approximate surface area is 171 Å². The van der Waals surface area contributed by atoms with Crippen molar-refractivity contribution in [2.75, 3.05) is 18.5 Å². The van der Waals surface area contributed by atoms with Crippen LogP contribution in [0.2, 0.25) is 0 Å². The van der Waals surface area contributed by atoms with Crippen molar-refractivity contribution in [3.05, 3.63) is 54.1 Å². The van der Waals surface area contributed by atoms with Gasteiger partial charge in [0.05, 0.1) is 11.3 Å². The molecule has 0 spiro atoms. The average Bonchev–Trinajstić information content (AvgIpc) is 2.73. The molecule has 0 aliphatic heterocycles. The highest BCUT2D eigenvalue weighted by molar-refractivity contribution is 5.93. The maximum atomic E-state index is 12.6. The molecule has 2 rings (SSSR count). The van der Waals surface area contributed by atoms with E-state index in [1.807, 2.05) is 31.2 Å². The Morgan fingerprint density at radius 3 is 2.34 bits per heavy atom. The number of carboxylic acid groups (broad SMARTS) is 1. The van der Waals surface area contributed by atoms with Gasteiger partial charge in [-0.2, -0.15) is 0 Å². The first-order valence-electron chi connectivity index (χ1n) is 10.0. The minimum Gasteiger partial charge on any atom is -0.490 e. The van der Waals surface area contributed by atoms with Crippen LogP contribution >= 0.6 is 0 Å². The van der Waals surface area contributed by atoms with Gasteiger partial charge in [0.2, 0.25) is 5.91 Å². The SMILES string of the molecule is CCCCC(CC)C(=O)Nc1ccccc1OCCOc1ccc(C(=O)O)cc1. The molecule has 1 amide bonds. The monoisotopic (exact) mass is 399 g/mol. The maximum Gasteiger partial charge on any atom is 0.335 e. The fourth-order valence-corrected chi connectivity index (χ4v) is 2.91. The molecule has 0 aliphatic rings. The number of amides is 1. The molecule has 1 atom stereocenters. The van der Waals surface area contributed by atoms with E-state index in [4.69, 9.17) is 14.6 Å². The average molecular weight is 399 g/mol. The van der Waals surface area contributed by atoms with E-state index in [0.717, 1.165) is 25.7 Å². The second kappa shape index (κ2) is 11.7. The molecule has 2 N–H and O–H groups in total. The van der Waals surface area contributed by atoms with E-state index in [2.05, 4.69) is 12.2 Å². The third kappa shape index (κ3) is 7.14. The number of hydrogen-bond donors (Lipinski definition) is 2. The molecule has 6 heteroatoms. The highest BCUT2D eigenvalue weighted by Crippen LogP contribution is 2.25. The second-order valence-electron chi connectivity index (χ2n) is 6.76. The lowest BCUT2D eigenvalue weighted by Crippen LogP contribution is -2.23. The number of carboxylic acids is 1. The Hall–Kier alpha value is -3.02. The number of hydrogen-bond acceptors (Lipinski definition) is 4. The topological polar surface area (TPSA) is 84.9 Å². The van der Waals surface area contributed by atoms with E-state index >= 15 is 0 Å². The van der Waals surface area contributed by atoms with E-state index in [0.29, 0.717) is 30.4 Å². The lowest BCUT2D eigenvalue weighted by atomic mass is 9.98. The lowest BCUT2D eigenvalue weighted by Gasteiger charge is -2.17. The first kappa shape index (κ1) is 22.3. The summed E-state index contributed by atoms with van der Waals surface area (Å²) in [6.07, 6.45) is 3.80. The summed E-state index contributed by atoms with van der Waals surface area (Å²) in [5.41, 5.74) is 0.862. The van der Waals surface area contributed by atoms with Gasteiger partial charge in [0.1, 0.15) is 24.7 Å². The molecule has 29 heavy (non-hydrogen) atoms. The summed E-state index contributed by atoms with van der Waals surface area (Å²) < 4.78 is 11.4. The Bertz CT molecular complexity index is 788. The van der Waals surface area contributed by atoms with Crippen LogP contribution in [0.25, 0.3) is 0 Å². The number of ether oxygens (including phenoxy) is 2. The zero-order valence-corrected chi connectivity index (χ0v) is 17.0. The molecule has 0 saturated heterocycles. The number of carbonyl (C=O) groups excluding carboxylic acids is 1. The zero-order valence-electron chi connectivity index (χ0n) is 17.0. The quantitative estimate of drug-likeness (QED) is 0.491. The predicted octanol–water partition coefficient (Wildman–Crippen LogP) is 5.00. The van der Waals surface area contributed by atoms with Crippen molar-refractivity contribution in [1.29, 1.82) is 0 Å². The van der Waals surface area contributed by atoms with Crippen molar-refractivity contribution in [3.63, 3.8) is 0 Å². The first-order chi connectivity index (χ1) is 14.0. The van der Waals surface area contributed by atoms with E-state index in [1.165, 1.54) is 12.1 Å². The van der Waals surface area contributed by atoms with Gasteiger partial charge in [-0.25, -0.2) is 4.79 Å². The Balaban J connectivity index is 1.86. The molecule has 0 aliphatic carbocycles. The molecule has 0 fully saturated rings. The smallest absolute Gasteiger partial charge is 0.335 e. The normalized spacial score (nSPS) is 11.5. The van der Waals surface area contributed by atoms with Gasteiger partial charge >= 0.3 is 5.97 Å². The first-order valence-corrected chi connectivity index (χ1v) is 10.0. The number of anilines is 1. The predicted molar refractivity (Wildman–Crippen MR) is 113 cm³/mol. The van der Waals surface area contributed by atoms with Crippen LogP contribution in [0.4, 0.5) is 5.69 Å². The molecule has 0 saturated carbocycles. The zero-order chi connectivity index (χ0) is 21.1. The van der Waals surface area contributed by atoms with Crippen molar-refractivity contribution in [2.45, 2.75) is 39.5 Å². The standard InChI is InChI=1S/C23H29NO5/c1-3-5-8-17(4-2)22(25)24-20-9-6-7-10-21(20)29-16-15-28-19-13-11-18(12-14-19)23(26)27/h6-7,9-14,17H,3-5,8,15-16H2,1-2H3,(H,24,25)(H,26,27). The Morgan fingerprint density at radius 1 is 1.00 bits per heavy atom. The summed E-state index contributed by atoms with van der Waals surface area (Å²) in [7, 11) is 0. The van der Waals surface area contributed by atoms with E-state index in [-0.39, 0.29) is 17.4 Å². The van der Waals surface area contributed by atoms with Gasteiger partial charge in [-0.05, 0) is 49.2 Å². The van der Waals surface area contributed by atoms with Crippen LogP contribution in [0.15, 0.2) is 48.5 Å². The molecule has 2 aromatic rings. The Kier molecular flexibility index (Phi) is 9.02. The van der Waals surface area contributed by atoms with Crippen LogP contribution in [0.5, 0.6) is 11.5 Å². The van der Waals surface area contributed by atoms with Gasteiger partial charge in [0.15, 0.2) is 0 Å². The summed E-state index contributed by atoms with van der Waals surface area (Å²) >= 11 is 0. The van der Waals surface area contributed by atoms with Crippen molar-refractivity contribution in [1.82, 2.24) is 0 Å². The third-order valence-corrected chi connectivity index (χ3v) is 4.63. The molecular weight excluding hydrogens is 370 g/mol. The molecule has 0 aromatic heterocycles. The van der Waals surface area contributed by atoms with Gasteiger partial charge in [-0.15, -0.1) is 0 Å². The van der Waals surface area contributed by atoms with Gasteiger partial charge < -0.3 is 19.9 Å². The number of carbonyl (C=O) groups is 2. The van der Waals surface area contributed by atoms with Crippen LogP contribution in [-0.2, 0) is 4.79 Å². The van der Waals surface area contributed by atoms with Crippen molar-refractivity contribution >= 4 is 17.6 Å². The number of benzene rings is 2. The summed E-state index contributed by atoms with van der Waals surface area (Å²) in [6.45, 7) is 4.74. The van der Waals surface area contributed by atoms with Gasteiger partial charge in [0, 0.05) is 5.92 Å². The molecule has 0 radical (unpaired) electrons. The molecule has 156 valence electrons. The third-order valence-electron chi connectivity index (χ3n) is 4.63. The second-order valence-corrected chi connectivity index (χ2v) is 6.76. The van der Waals surface area contributed by atoms with Gasteiger partial charge in [-0.3, -0.25) is 4.79 Å². The number of rotatable bonds is 12. The van der Waals surface area contributed by atoms with Gasteiger partial charge in [-0.1, -0.05) is 38.8 Å². The largest absolute Gasteiger partial charge is 0.490 e. The van der Waals surface area contributed by atoms with Gasteiger partial charge in [0.25, 0.3) is 0 Å². The minimum absolute atomic E-state index is 0.000105. The molecule has 0 bridgehead atoms. The fraction of sp³-hybridized carbons (Fsp3) is 0.391. The molecular formula is C23H29NO5.